The second-order valence-corrected chi connectivity index (χ2v) is 8.43. The molecule has 1 atom stereocenters. The number of likely N-dealkylation sites (tertiary alicyclic amines) is 1. The second-order valence-electron chi connectivity index (χ2n) is 8.43. The molecule has 7 nitrogen and oxygen atoms in total. The minimum absolute atomic E-state index is 0.110. The summed E-state index contributed by atoms with van der Waals surface area (Å²) in [7, 11) is 0. The molecule has 1 N–H and O–H groups in total. The first kappa shape index (κ1) is 23.3. The largest absolute Gasteiger partial charge is 0.507 e. The highest BCUT2D eigenvalue weighted by atomic mass is 16.5. The number of imidazole rings is 1. The molecule has 0 radical (unpaired) electrons. The maximum absolute atomic E-state index is 13.1. The van der Waals surface area contributed by atoms with Crippen LogP contribution >= 0.6 is 0 Å². The molecule has 34 heavy (non-hydrogen) atoms. The van der Waals surface area contributed by atoms with Gasteiger partial charge in [0.05, 0.1) is 24.5 Å². The number of Topliss-reactive ketones (excluding diaryl/α,β-unsaturated/α-hetero) is 1. The van der Waals surface area contributed by atoms with Crippen molar-refractivity contribution >= 4 is 17.4 Å². The van der Waals surface area contributed by atoms with Crippen LogP contribution in [0.15, 0.2) is 72.8 Å². The summed E-state index contributed by atoms with van der Waals surface area (Å²) in [4.78, 5) is 31.8. The first-order valence-corrected chi connectivity index (χ1v) is 11.5. The van der Waals surface area contributed by atoms with Crippen LogP contribution in [0.3, 0.4) is 0 Å². The summed E-state index contributed by atoms with van der Waals surface area (Å²) < 4.78 is 7.54. The fourth-order valence-corrected chi connectivity index (χ4v) is 4.13. The van der Waals surface area contributed by atoms with Crippen molar-refractivity contribution in [2.45, 2.75) is 39.3 Å². The number of aliphatic hydroxyl groups is 1. The van der Waals surface area contributed by atoms with Crippen LogP contribution in [0.2, 0.25) is 0 Å². The molecule has 1 saturated heterocycles. The third-order valence-electron chi connectivity index (χ3n) is 5.91. The molecule has 0 saturated carbocycles. The number of aryl methyl sites for hydroxylation is 2. The van der Waals surface area contributed by atoms with Crippen LogP contribution in [0.25, 0.3) is 5.76 Å². The van der Waals surface area contributed by atoms with E-state index in [9.17, 15) is 14.7 Å². The summed E-state index contributed by atoms with van der Waals surface area (Å²) >= 11 is 0. The third kappa shape index (κ3) is 4.88. The number of carbonyl (C=O) groups is 2. The van der Waals surface area contributed by atoms with Gasteiger partial charge in [-0.25, -0.2) is 4.98 Å². The number of rotatable bonds is 9. The molecular weight excluding hydrogens is 430 g/mol. The van der Waals surface area contributed by atoms with Crippen LogP contribution in [0.4, 0.5) is 0 Å². The molecule has 0 bridgehead atoms. The third-order valence-corrected chi connectivity index (χ3v) is 5.91. The molecule has 2 aromatic carbocycles. The van der Waals surface area contributed by atoms with Crippen molar-refractivity contribution in [2.75, 3.05) is 13.2 Å². The lowest BCUT2D eigenvalue weighted by molar-refractivity contribution is -0.139. The van der Waals surface area contributed by atoms with Crippen LogP contribution in [-0.2, 0) is 16.1 Å². The minimum Gasteiger partial charge on any atom is -0.507 e. The highest BCUT2D eigenvalue weighted by Crippen LogP contribution is 2.39. The zero-order chi connectivity index (χ0) is 24.1. The molecule has 2 heterocycles. The maximum atomic E-state index is 13.1. The van der Waals surface area contributed by atoms with E-state index in [2.05, 4.69) is 4.98 Å². The van der Waals surface area contributed by atoms with Gasteiger partial charge in [-0.05, 0) is 49.6 Å². The standard InChI is InChI=1S/C27H29N3O4/c1-3-17-34-22-11-9-21(10-12-22)25(31)23-24(20-7-5-19(2)6-8-20)30(27(33)26(23)32)15-4-14-29-16-13-28-18-29/h5-13,16,18,24,31H,3-4,14-15,17H2,1-2H3/t24-/m0/s1. The Bertz CT molecular complexity index is 1170. The SMILES string of the molecule is CCCOc1ccc(C(O)=C2C(=O)C(=O)N(CCCn3ccnc3)[C@H]2c2ccc(C)cc2)cc1. The number of aliphatic hydroxyl groups excluding tert-OH is 1. The van der Waals surface area contributed by atoms with E-state index in [-0.39, 0.29) is 11.3 Å². The number of hydrogen-bond acceptors (Lipinski definition) is 5. The van der Waals surface area contributed by atoms with E-state index < -0.39 is 17.7 Å². The highest BCUT2D eigenvalue weighted by molar-refractivity contribution is 6.46. The molecule has 0 unspecified atom stereocenters. The fraction of sp³-hybridized carbons (Fsp3) is 0.296. The van der Waals surface area contributed by atoms with Crippen molar-refractivity contribution < 1.29 is 19.4 Å². The quantitative estimate of drug-likeness (QED) is 0.289. The van der Waals surface area contributed by atoms with Crippen LogP contribution < -0.4 is 4.74 Å². The summed E-state index contributed by atoms with van der Waals surface area (Å²) in [5.74, 6) is -0.755. The van der Waals surface area contributed by atoms with Gasteiger partial charge < -0.3 is 19.3 Å². The number of aromatic nitrogens is 2. The highest BCUT2D eigenvalue weighted by Gasteiger charge is 2.45. The Kier molecular flexibility index (Phi) is 7.11. The average Bonchev–Trinajstić information content (AvgIpc) is 3.45. The van der Waals surface area contributed by atoms with Gasteiger partial charge in [-0.1, -0.05) is 36.8 Å². The van der Waals surface area contributed by atoms with Crippen molar-refractivity contribution in [3.05, 3.63) is 89.5 Å². The number of hydrogen-bond donors (Lipinski definition) is 1. The van der Waals surface area contributed by atoms with E-state index in [1.165, 1.54) is 0 Å². The Balaban J connectivity index is 1.67. The van der Waals surface area contributed by atoms with Crippen molar-refractivity contribution in [1.29, 1.82) is 0 Å². The van der Waals surface area contributed by atoms with Gasteiger partial charge in [-0.3, -0.25) is 9.59 Å². The molecule has 7 heteroatoms. The summed E-state index contributed by atoms with van der Waals surface area (Å²) in [5, 5.41) is 11.2. The molecular formula is C27H29N3O4. The normalized spacial score (nSPS) is 17.4. The number of carbonyl (C=O) groups excluding carboxylic acids is 2. The molecule has 3 aromatic rings. The van der Waals surface area contributed by atoms with Crippen molar-refractivity contribution in [3.8, 4) is 5.75 Å². The Labute approximate surface area is 199 Å². The zero-order valence-electron chi connectivity index (χ0n) is 19.5. The summed E-state index contributed by atoms with van der Waals surface area (Å²) in [5.41, 5.74) is 2.44. The Hall–Kier alpha value is -3.87. The topological polar surface area (TPSA) is 84.7 Å². The van der Waals surface area contributed by atoms with E-state index in [1.807, 2.05) is 48.9 Å². The van der Waals surface area contributed by atoms with Crippen molar-refractivity contribution in [2.24, 2.45) is 0 Å². The maximum Gasteiger partial charge on any atom is 0.295 e. The van der Waals surface area contributed by atoms with Crippen LogP contribution in [0.5, 0.6) is 5.75 Å². The van der Waals surface area contributed by atoms with Gasteiger partial charge in [0.2, 0.25) is 0 Å². The van der Waals surface area contributed by atoms with Gasteiger partial charge in [-0.15, -0.1) is 0 Å². The first-order valence-electron chi connectivity index (χ1n) is 11.5. The molecule has 1 amide bonds. The zero-order valence-corrected chi connectivity index (χ0v) is 19.5. The van der Waals surface area contributed by atoms with Crippen LogP contribution in [-0.4, -0.2) is 44.4 Å². The van der Waals surface area contributed by atoms with E-state index >= 15 is 0 Å². The van der Waals surface area contributed by atoms with Gasteiger partial charge in [0.1, 0.15) is 11.5 Å². The lowest BCUT2D eigenvalue weighted by Gasteiger charge is -2.25. The van der Waals surface area contributed by atoms with E-state index in [1.54, 1.807) is 41.7 Å². The molecule has 1 aliphatic heterocycles. The summed E-state index contributed by atoms with van der Waals surface area (Å²) in [6.45, 7) is 5.65. The number of ether oxygens (including phenoxy) is 1. The van der Waals surface area contributed by atoms with E-state index in [0.29, 0.717) is 37.4 Å². The van der Waals surface area contributed by atoms with E-state index in [0.717, 1.165) is 17.5 Å². The monoisotopic (exact) mass is 459 g/mol. The Morgan fingerprint density at radius 3 is 2.44 bits per heavy atom. The molecule has 0 aliphatic carbocycles. The average molecular weight is 460 g/mol. The first-order chi connectivity index (χ1) is 16.5. The predicted molar refractivity (Wildman–Crippen MR) is 129 cm³/mol. The number of nitrogens with zero attached hydrogens (tertiary/aromatic N) is 3. The van der Waals surface area contributed by atoms with Crippen LogP contribution in [0, 0.1) is 6.92 Å². The number of ketones is 1. The minimum atomic E-state index is -0.669. The molecule has 4 rings (SSSR count). The van der Waals surface area contributed by atoms with E-state index in [4.69, 9.17) is 4.74 Å². The lowest BCUT2D eigenvalue weighted by atomic mass is 9.94. The molecule has 1 aromatic heterocycles. The van der Waals surface area contributed by atoms with Gasteiger partial charge in [0.15, 0.2) is 0 Å². The molecule has 1 fully saturated rings. The predicted octanol–water partition coefficient (Wildman–Crippen LogP) is 4.49. The van der Waals surface area contributed by atoms with Gasteiger partial charge in [0, 0.05) is 31.0 Å². The summed E-state index contributed by atoms with van der Waals surface area (Å²) in [6, 6.07) is 14.0. The second kappa shape index (κ2) is 10.4. The van der Waals surface area contributed by atoms with Crippen LogP contribution in [0.1, 0.15) is 42.5 Å². The molecule has 0 spiro atoms. The summed E-state index contributed by atoms with van der Waals surface area (Å²) in [6.07, 6.45) is 6.83. The number of benzene rings is 2. The Morgan fingerprint density at radius 2 is 1.79 bits per heavy atom. The Morgan fingerprint density at radius 1 is 1.06 bits per heavy atom. The smallest absolute Gasteiger partial charge is 0.295 e. The van der Waals surface area contributed by atoms with Gasteiger partial charge in [-0.2, -0.15) is 0 Å². The molecule has 176 valence electrons. The van der Waals surface area contributed by atoms with Gasteiger partial charge >= 0.3 is 0 Å². The fourth-order valence-electron chi connectivity index (χ4n) is 4.13. The van der Waals surface area contributed by atoms with Crippen molar-refractivity contribution in [3.63, 3.8) is 0 Å². The van der Waals surface area contributed by atoms with Gasteiger partial charge in [0.25, 0.3) is 11.7 Å². The molecule has 1 aliphatic rings. The lowest BCUT2D eigenvalue weighted by Crippen LogP contribution is -2.31. The van der Waals surface area contributed by atoms with Crippen molar-refractivity contribution in [1.82, 2.24) is 14.5 Å². The number of amides is 1.